The van der Waals surface area contributed by atoms with E-state index in [4.69, 9.17) is 14.2 Å². The van der Waals surface area contributed by atoms with Crippen LogP contribution in [0, 0.1) is 0 Å². The molecule has 0 saturated carbocycles. The summed E-state index contributed by atoms with van der Waals surface area (Å²) in [5, 5.41) is 0.822. The quantitative estimate of drug-likeness (QED) is 0.796. The van der Waals surface area contributed by atoms with E-state index < -0.39 is 11.6 Å². The molecule has 114 valence electrons. The van der Waals surface area contributed by atoms with Gasteiger partial charge in [-0.3, -0.25) is 4.79 Å². The lowest BCUT2D eigenvalue weighted by Gasteiger charge is -2.29. The fraction of sp³-hybridized carbons (Fsp3) is 0.294. The van der Waals surface area contributed by atoms with Crippen molar-refractivity contribution < 1.29 is 19.0 Å². The SMILES string of the molecule is COc1ccc2nc(OC(C)=O)c3c(c2c1)OC(C)(C)C=C3. The zero-order chi connectivity index (χ0) is 15.9. The topological polar surface area (TPSA) is 57.7 Å². The molecule has 0 aliphatic carbocycles. The van der Waals surface area contributed by atoms with Gasteiger partial charge in [-0.1, -0.05) is 0 Å². The third-order valence-corrected chi connectivity index (χ3v) is 3.40. The molecule has 0 bridgehead atoms. The van der Waals surface area contributed by atoms with E-state index in [9.17, 15) is 4.79 Å². The summed E-state index contributed by atoms with van der Waals surface area (Å²) in [4.78, 5) is 15.7. The second-order valence-corrected chi connectivity index (χ2v) is 5.68. The van der Waals surface area contributed by atoms with Crippen molar-refractivity contribution in [1.82, 2.24) is 4.98 Å². The van der Waals surface area contributed by atoms with Crippen LogP contribution in [-0.4, -0.2) is 23.7 Å². The first kappa shape index (κ1) is 14.4. The maximum absolute atomic E-state index is 11.3. The summed E-state index contributed by atoms with van der Waals surface area (Å²) in [5.41, 5.74) is 0.898. The van der Waals surface area contributed by atoms with Crippen LogP contribution in [0.1, 0.15) is 26.3 Å². The van der Waals surface area contributed by atoms with Gasteiger partial charge in [0.25, 0.3) is 0 Å². The van der Waals surface area contributed by atoms with Crippen LogP contribution in [0.4, 0.5) is 0 Å². The molecule has 1 aromatic heterocycles. The van der Waals surface area contributed by atoms with Crippen LogP contribution in [0.15, 0.2) is 24.3 Å². The van der Waals surface area contributed by atoms with E-state index in [-0.39, 0.29) is 5.88 Å². The number of hydrogen-bond donors (Lipinski definition) is 0. The van der Waals surface area contributed by atoms with Gasteiger partial charge < -0.3 is 14.2 Å². The minimum atomic E-state index is -0.447. The Labute approximate surface area is 128 Å². The highest BCUT2D eigenvalue weighted by Crippen LogP contribution is 2.42. The third-order valence-electron chi connectivity index (χ3n) is 3.40. The molecule has 5 nitrogen and oxygen atoms in total. The lowest BCUT2D eigenvalue weighted by atomic mass is 10.0. The molecule has 0 atom stereocenters. The number of rotatable bonds is 2. The lowest BCUT2D eigenvalue weighted by Crippen LogP contribution is -2.28. The number of ether oxygens (including phenoxy) is 3. The summed E-state index contributed by atoms with van der Waals surface area (Å²) in [5.74, 6) is 1.20. The average molecular weight is 299 g/mol. The molecule has 0 N–H and O–H groups in total. The fourth-order valence-corrected chi connectivity index (χ4v) is 2.39. The Hall–Kier alpha value is -2.56. The second-order valence-electron chi connectivity index (χ2n) is 5.68. The zero-order valence-corrected chi connectivity index (χ0v) is 13.0. The summed E-state index contributed by atoms with van der Waals surface area (Å²) in [6.45, 7) is 5.28. The van der Waals surface area contributed by atoms with E-state index in [1.807, 2.05) is 44.2 Å². The first-order valence-corrected chi connectivity index (χ1v) is 6.98. The largest absolute Gasteiger partial charge is 0.497 e. The first-order chi connectivity index (χ1) is 10.4. The summed E-state index contributed by atoms with van der Waals surface area (Å²) in [6, 6.07) is 5.49. The highest BCUT2D eigenvalue weighted by Gasteiger charge is 2.27. The Bertz CT molecular complexity index is 793. The van der Waals surface area contributed by atoms with Gasteiger partial charge in [-0.15, -0.1) is 0 Å². The van der Waals surface area contributed by atoms with Crippen LogP contribution in [0.5, 0.6) is 17.4 Å². The summed E-state index contributed by atoms with van der Waals surface area (Å²) < 4.78 is 16.6. The van der Waals surface area contributed by atoms with Crippen molar-refractivity contribution in [2.75, 3.05) is 7.11 Å². The standard InChI is InChI=1S/C17H17NO4/c1-10(19)21-16-12-7-8-17(2,3)22-15(12)13-9-11(20-4)5-6-14(13)18-16/h5-9H,1-4H3. The molecule has 1 aromatic carbocycles. The maximum Gasteiger partial charge on any atom is 0.309 e. The van der Waals surface area contributed by atoms with Crippen molar-refractivity contribution in [3.05, 3.63) is 29.8 Å². The Kier molecular flexibility index (Phi) is 3.28. The van der Waals surface area contributed by atoms with Gasteiger partial charge in [0.15, 0.2) is 0 Å². The van der Waals surface area contributed by atoms with Gasteiger partial charge in [0.1, 0.15) is 17.1 Å². The Balaban J connectivity index is 2.30. The number of carbonyl (C=O) groups is 1. The molecule has 0 saturated heterocycles. The highest BCUT2D eigenvalue weighted by molar-refractivity contribution is 5.92. The number of nitrogens with zero attached hydrogens (tertiary/aromatic N) is 1. The molecule has 0 radical (unpaired) electrons. The highest BCUT2D eigenvalue weighted by atomic mass is 16.5. The molecule has 1 aliphatic rings. The van der Waals surface area contributed by atoms with Crippen molar-refractivity contribution >= 4 is 22.9 Å². The Morgan fingerprint density at radius 1 is 1.32 bits per heavy atom. The number of methoxy groups -OCH3 is 1. The van der Waals surface area contributed by atoms with Crippen molar-refractivity contribution in [2.24, 2.45) is 0 Å². The van der Waals surface area contributed by atoms with Crippen LogP contribution < -0.4 is 14.2 Å². The van der Waals surface area contributed by atoms with E-state index in [0.717, 1.165) is 5.39 Å². The summed E-state index contributed by atoms with van der Waals surface area (Å²) in [6.07, 6.45) is 3.79. The monoisotopic (exact) mass is 299 g/mol. The van der Waals surface area contributed by atoms with Gasteiger partial charge in [0.2, 0.25) is 5.88 Å². The fourth-order valence-electron chi connectivity index (χ4n) is 2.39. The number of hydrogen-bond acceptors (Lipinski definition) is 5. The van der Waals surface area contributed by atoms with Gasteiger partial charge in [-0.2, -0.15) is 0 Å². The first-order valence-electron chi connectivity index (χ1n) is 6.98. The minimum absolute atomic E-state index is 0.256. The van der Waals surface area contributed by atoms with Crippen LogP contribution in [0.25, 0.3) is 17.0 Å². The van der Waals surface area contributed by atoms with Crippen molar-refractivity contribution in [3.8, 4) is 17.4 Å². The van der Waals surface area contributed by atoms with Gasteiger partial charge in [0, 0.05) is 12.3 Å². The lowest BCUT2D eigenvalue weighted by molar-refractivity contribution is -0.132. The van der Waals surface area contributed by atoms with Crippen LogP contribution in [0.2, 0.25) is 0 Å². The van der Waals surface area contributed by atoms with Crippen LogP contribution in [-0.2, 0) is 4.79 Å². The van der Waals surface area contributed by atoms with Gasteiger partial charge in [0.05, 0.1) is 18.2 Å². The number of pyridine rings is 1. The van der Waals surface area contributed by atoms with Crippen molar-refractivity contribution in [2.45, 2.75) is 26.4 Å². The number of esters is 1. The molecule has 3 rings (SSSR count). The van der Waals surface area contributed by atoms with Crippen molar-refractivity contribution in [1.29, 1.82) is 0 Å². The van der Waals surface area contributed by atoms with Gasteiger partial charge >= 0.3 is 5.97 Å². The molecular formula is C17H17NO4. The molecule has 0 unspecified atom stereocenters. The van der Waals surface area contributed by atoms with Crippen molar-refractivity contribution in [3.63, 3.8) is 0 Å². The molecule has 5 heteroatoms. The predicted molar refractivity (Wildman–Crippen MR) is 83.3 cm³/mol. The number of benzene rings is 1. The van der Waals surface area contributed by atoms with Gasteiger partial charge in [-0.05, 0) is 44.2 Å². The predicted octanol–water partition coefficient (Wildman–Crippen LogP) is 3.35. The van der Waals surface area contributed by atoms with Crippen LogP contribution in [0.3, 0.4) is 0 Å². The Morgan fingerprint density at radius 3 is 2.77 bits per heavy atom. The van der Waals surface area contributed by atoms with Gasteiger partial charge in [-0.25, -0.2) is 4.98 Å². The molecule has 0 fully saturated rings. The molecular weight excluding hydrogens is 282 g/mol. The maximum atomic E-state index is 11.3. The number of carbonyl (C=O) groups excluding carboxylic acids is 1. The molecule has 2 heterocycles. The zero-order valence-electron chi connectivity index (χ0n) is 13.0. The number of aromatic nitrogens is 1. The smallest absolute Gasteiger partial charge is 0.309 e. The second kappa shape index (κ2) is 5.02. The molecule has 1 aliphatic heterocycles. The third kappa shape index (κ3) is 2.50. The minimum Gasteiger partial charge on any atom is -0.497 e. The molecule has 0 spiro atoms. The molecule has 2 aromatic rings. The van der Waals surface area contributed by atoms with E-state index in [1.54, 1.807) is 7.11 Å². The van der Waals surface area contributed by atoms with E-state index in [1.165, 1.54) is 6.92 Å². The van der Waals surface area contributed by atoms with E-state index in [0.29, 0.717) is 22.6 Å². The molecule has 22 heavy (non-hydrogen) atoms. The average Bonchev–Trinajstić information content (AvgIpc) is 2.45. The summed E-state index contributed by atoms with van der Waals surface area (Å²) in [7, 11) is 1.61. The van der Waals surface area contributed by atoms with Crippen LogP contribution >= 0.6 is 0 Å². The Morgan fingerprint density at radius 2 is 2.09 bits per heavy atom. The normalized spacial score (nSPS) is 15.1. The van der Waals surface area contributed by atoms with E-state index in [2.05, 4.69) is 4.98 Å². The number of fused-ring (bicyclic) bond motifs is 3. The molecule has 0 amide bonds. The summed E-state index contributed by atoms with van der Waals surface area (Å²) >= 11 is 0. The van der Waals surface area contributed by atoms with E-state index >= 15 is 0 Å².